The topological polar surface area (TPSA) is 69.8 Å². The minimum atomic E-state index is 0.585. The molecule has 0 spiro atoms. The van der Waals surface area contributed by atoms with E-state index in [-0.39, 0.29) is 0 Å². The van der Waals surface area contributed by atoms with Gasteiger partial charge >= 0.3 is 0 Å². The summed E-state index contributed by atoms with van der Waals surface area (Å²) in [5, 5.41) is 15.1. The number of aliphatic imine (C=N–C) groups is 1. The summed E-state index contributed by atoms with van der Waals surface area (Å²) >= 11 is 0. The highest BCUT2D eigenvalue weighted by Gasteiger charge is 2.30. The average Bonchev–Trinajstić information content (AvgIpc) is 3.34. The Hall–Kier alpha value is -2.15. The van der Waals surface area contributed by atoms with Gasteiger partial charge in [-0.1, -0.05) is 6.07 Å². The third kappa shape index (κ3) is 4.03. The second kappa shape index (κ2) is 7.61. The molecule has 24 heavy (non-hydrogen) atoms. The summed E-state index contributed by atoms with van der Waals surface area (Å²) in [7, 11) is 1.79. The minimum absolute atomic E-state index is 0.585. The van der Waals surface area contributed by atoms with E-state index in [1.54, 1.807) is 7.05 Å². The first-order valence-corrected chi connectivity index (χ1v) is 8.68. The van der Waals surface area contributed by atoms with Crippen molar-refractivity contribution >= 4 is 11.6 Å². The number of hydrogen-bond donors (Lipinski definition) is 2. The maximum absolute atomic E-state index is 4.29. The molecule has 2 N–H and O–H groups in total. The minimum Gasteiger partial charge on any atom is -0.355 e. The monoisotopic (exact) mass is 329 g/mol. The maximum atomic E-state index is 4.29. The zero-order valence-corrected chi connectivity index (χ0v) is 14.7. The fraction of sp³-hybridized carbons (Fsp3) is 0.588. The zero-order chi connectivity index (χ0) is 16.9. The van der Waals surface area contributed by atoms with Gasteiger partial charge in [0, 0.05) is 38.4 Å². The second-order valence-electron chi connectivity index (χ2n) is 6.46. The van der Waals surface area contributed by atoms with Gasteiger partial charge in [-0.3, -0.25) is 14.3 Å². The summed E-state index contributed by atoms with van der Waals surface area (Å²) in [6.45, 7) is 7.04. The van der Waals surface area contributed by atoms with Gasteiger partial charge in [-0.2, -0.15) is 0 Å². The largest absolute Gasteiger partial charge is 0.355 e. The number of guanidine groups is 1. The molecule has 0 aromatic carbocycles. The molecule has 3 rings (SSSR count). The van der Waals surface area contributed by atoms with Crippen LogP contribution in [-0.4, -0.2) is 57.7 Å². The number of hydrogen-bond acceptors (Lipinski definition) is 4. The molecule has 7 heteroatoms. The number of aromatic nitrogens is 3. The fourth-order valence-electron chi connectivity index (χ4n) is 2.97. The third-order valence-electron chi connectivity index (χ3n) is 4.36. The summed E-state index contributed by atoms with van der Waals surface area (Å²) < 4.78 is 1.98. The van der Waals surface area contributed by atoms with Crippen LogP contribution in [0, 0.1) is 0 Å². The van der Waals surface area contributed by atoms with Gasteiger partial charge in [0.2, 0.25) is 0 Å². The zero-order valence-electron chi connectivity index (χ0n) is 14.7. The molecule has 7 nitrogen and oxygen atoms in total. The second-order valence-corrected chi connectivity index (χ2v) is 6.46. The summed E-state index contributed by atoms with van der Waals surface area (Å²) in [6, 6.07) is 7.26. The Morgan fingerprint density at radius 2 is 2.17 bits per heavy atom. The molecule has 0 radical (unpaired) electrons. The normalized spacial score (nSPS) is 15.5. The van der Waals surface area contributed by atoms with Gasteiger partial charge in [-0.05, 0) is 38.8 Å². The van der Waals surface area contributed by atoms with Crippen molar-refractivity contribution in [3.63, 3.8) is 0 Å². The summed E-state index contributed by atoms with van der Waals surface area (Å²) in [4.78, 5) is 6.85. The molecule has 130 valence electrons. The van der Waals surface area contributed by atoms with E-state index >= 15 is 0 Å². The van der Waals surface area contributed by atoms with Crippen LogP contribution in [0.3, 0.4) is 0 Å². The molecule has 1 aliphatic carbocycles. The lowest BCUT2D eigenvalue weighted by molar-refractivity contribution is 0.215. The number of pyridine rings is 1. The first-order valence-electron chi connectivity index (χ1n) is 8.68. The van der Waals surface area contributed by atoms with Gasteiger partial charge in [0.15, 0.2) is 17.4 Å². The van der Waals surface area contributed by atoms with Crippen molar-refractivity contribution in [2.45, 2.75) is 45.3 Å². The van der Waals surface area contributed by atoms with E-state index in [2.05, 4.69) is 44.6 Å². The lowest BCUT2D eigenvalue weighted by atomic mass is 10.3. The van der Waals surface area contributed by atoms with Crippen molar-refractivity contribution in [2.24, 2.45) is 4.99 Å². The van der Waals surface area contributed by atoms with E-state index in [1.165, 1.54) is 12.8 Å². The quantitative estimate of drug-likeness (QED) is 0.591. The summed E-state index contributed by atoms with van der Waals surface area (Å²) in [5.41, 5.74) is 0.856. The van der Waals surface area contributed by atoms with Gasteiger partial charge in [0.05, 0.1) is 6.54 Å². The Bertz CT molecular complexity index is 685. The Morgan fingerprint density at radius 3 is 2.88 bits per heavy atom. The highest BCUT2D eigenvalue weighted by atomic mass is 15.3. The summed E-state index contributed by atoms with van der Waals surface area (Å²) in [6.07, 6.45) is 4.65. The van der Waals surface area contributed by atoms with Crippen LogP contribution in [0.1, 0.15) is 32.5 Å². The molecular weight excluding hydrogens is 302 g/mol. The van der Waals surface area contributed by atoms with Crippen molar-refractivity contribution in [2.75, 3.05) is 20.1 Å². The lowest BCUT2D eigenvalue weighted by Gasteiger charge is -2.26. The van der Waals surface area contributed by atoms with Crippen LogP contribution in [0.4, 0.5) is 0 Å². The Kier molecular flexibility index (Phi) is 5.30. The molecule has 0 amide bonds. The molecule has 0 aliphatic heterocycles. The average molecular weight is 329 g/mol. The molecule has 1 aliphatic rings. The Morgan fingerprint density at radius 1 is 1.33 bits per heavy atom. The number of nitrogens with one attached hydrogen (secondary N) is 2. The molecule has 0 atom stereocenters. The van der Waals surface area contributed by atoms with Gasteiger partial charge in [-0.15, -0.1) is 10.2 Å². The predicted molar refractivity (Wildman–Crippen MR) is 96.1 cm³/mol. The lowest BCUT2D eigenvalue weighted by Crippen LogP contribution is -2.43. The van der Waals surface area contributed by atoms with Crippen LogP contribution >= 0.6 is 0 Å². The van der Waals surface area contributed by atoms with Gasteiger partial charge in [-0.25, -0.2) is 0 Å². The van der Waals surface area contributed by atoms with Crippen molar-refractivity contribution in [3.8, 4) is 0 Å². The van der Waals surface area contributed by atoms with Crippen molar-refractivity contribution < 1.29 is 0 Å². The van der Waals surface area contributed by atoms with Crippen molar-refractivity contribution in [1.82, 2.24) is 30.1 Å². The number of nitrogens with zero attached hydrogens (tertiary/aromatic N) is 5. The molecule has 2 aromatic heterocycles. The molecule has 0 saturated heterocycles. The Labute approximate surface area is 143 Å². The fourth-order valence-corrected chi connectivity index (χ4v) is 2.97. The molecule has 1 fully saturated rings. The molecular formula is C17H27N7. The van der Waals surface area contributed by atoms with Gasteiger partial charge < -0.3 is 10.6 Å². The standard InChI is InChI=1S/C17H27N7/c1-13(2)23(14-7-8-14)11-9-19-17(18-3)20-12-16-22-21-15-6-4-5-10-24(15)16/h4-6,10,13-14H,7-9,11-12H2,1-3H3,(H2,18,19,20). The van der Waals surface area contributed by atoms with E-state index in [1.807, 2.05) is 28.8 Å². The van der Waals surface area contributed by atoms with Crippen LogP contribution in [-0.2, 0) is 6.54 Å². The third-order valence-corrected chi connectivity index (χ3v) is 4.36. The van der Waals surface area contributed by atoms with E-state index in [9.17, 15) is 0 Å². The van der Waals surface area contributed by atoms with E-state index in [0.29, 0.717) is 12.6 Å². The van der Waals surface area contributed by atoms with Crippen LogP contribution in [0.5, 0.6) is 0 Å². The first-order chi connectivity index (χ1) is 11.7. The van der Waals surface area contributed by atoms with E-state index in [0.717, 1.165) is 36.6 Å². The maximum Gasteiger partial charge on any atom is 0.191 e. The smallest absolute Gasteiger partial charge is 0.191 e. The van der Waals surface area contributed by atoms with E-state index in [4.69, 9.17) is 0 Å². The van der Waals surface area contributed by atoms with Crippen LogP contribution in [0.25, 0.3) is 5.65 Å². The van der Waals surface area contributed by atoms with Gasteiger partial charge in [0.1, 0.15) is 0 Å². The highest BCUT2D eigenvalue weighted by molar-refractivity contribution is 5.79. The van der Waals surface area contributed by atoms with Crippen LogP contribution in [0.2, 0.25) is 0 Å². The number of fused-ring (bicyclic) bond motifs is 1. The molecule has 0 bridgehead atoms. The summed E-state index contributed by atoms with van der Waals surface area (Å²) in [5.74, 6) is 1.66. The number of rotatable bonds is 7. The van der Waals surface area contributed by atoms with Crippen molar-refractivity contribution in [3.05, 3.63) is 30.2 Å². The molecule has 2 heterocycles. The van der Waals surface area contributed by atoms with Crippen LogP contribution in [0.15, 0.2) is 29.4 Å². The molecule has 0 unspecified atom stereocenters. The molecule has 1 saturated carbocycles. The molecule has 2 aromatic rings. The highest BCUT2D eigenvalue weighted by Crippen LogP contribution is 2.27. The predicted octanol–water partition coefficient (Wildman–Crippen LogP) is 1.27. The first kappa shape index (κ1) is 16.7. The van der Waals surface area contributed by atoms with Gasteiger partial charge in [0.25, 0.3) is 0 Å². The van der Waals surface area contributed by atoms with Crippen molar-refractivity contribution in [1.29, 1.82) is 0 Å². The van der Waals surface area contributed by atoms with E-state index < -0.39 is 0 Å². The Balaban J connectivity index is 1.48. The van der Waals surface area contributed by atoms with Crippen LogP contribution < -0.4 is 10.6 Å². The SMILES string of the molecule is CN=C(NCCN(C(C)C)C1CC1)NCc1nnc2ccccn12.